The van der Waals surface area contributed by atoms with Crippen molar-refractivity contribution in [3.8, 4) is 0 Å². The van der Waals surface area contributed by atoms with Gasteiger partial charge in [0.25, 0.3) is 6.29 Å². The molecule has 0 aromatic heterocycles. The standard InChI is InChI=1S/C20H37NO6/c1-8-15(9-12(2)3)10-16(17(22)23)11-21-20(25)27-19(14(6)7)26-18(24)13(4)5/h12-16,19H,8-11H2,1-7H3,(H,21,25)(H,22,23)/t15-,16-,19+/m1/s1. The minimum absolute atomic E-state index is 0.0221. The van der Waals surface area contributed by atoms with E-state index in [1.165, 1.54) is 0 Å². The lowest BCUT2D eigenvalue weighted by Crippen LogP contribution is -2.39. The van der Waals surface area contributed by atoms with Crippen molar-refractivity contribution in [2.75, 3.05) is 6.54 Å². The van der Waals surface area contributed by atoms with Gasteiger partial charge in [-0.15, -0.1) is 0 Å². The van der Waals surface area contributed by atoms with Crippen LogP contribution in [0.25, 0.3) is 0 Å². The average molecular weight is 388 g/mol. The van der Waals surface area contributed by atoms with Crippen molar-refractivity contribution in [2.45, 2.75) is 74.0 Å². The normalized spacial score (nSPS) is 14.7. The van der Waals surface area contributed by atoms with E-state index in [9.17, 15) is 19.5 Å². The summed E-state index contributed by atoms with van der Waals surface area (Å²) < 4.78 is 10.4. The van der Waals surface area contributed by atoms with Crippen LogP contribution in [0.15, 0.2) is 0 Å². The van der Waals surface area contributed by atoms with Crippen LogP contribution in [0.5, 0.6) is 0 Å². The third-order valence-corrected chi connectivity index (χ3v) is 4.31. The van der Waals surface area contributed by atoms with Crippen molar-refractivity contribution in [2.24, 2.45) is 29.6 Å². The SMILES string of the molecule is CC[C@H](CC(C)C)C[C@H](CNC(=O)O[C@H](OC(=O)C(C)C)C(C)C)C(=O)O. The molecule has 27 heavy (non-hydrogen) atoms. The Bertz CT molecular complexity index is 475. The smallest absolute Gasteiger partial charge is 0.410 e. The number of carboxylic acids is 1. The zero-order valence-corrected chi connectivity index (χ0v) is 17.8. The van der Waals surface area contributed by atoms with E-state index in [0.717, 1.165) is 12.8 Å². The molecule has 0 aliphatic heterocycles. The monoisotopic (exact) mass is 387 g/mol. The highest BCUT2D eigenvalue weighted by Crippen LogP contribution is 2.23. The zero-order valence-electron chi connectivity index (χ0n) is 17.8. The molecule has 0 unspecified atom stereocenters. The second-order valence-corrected chi connectivity index (χ2v) is 8.16. The third kappa shape index (κ3) is 10.8. The van der Waals surface area contributed by atoms with Gasteiger partial charge in [-0.25, -0.2) is 4.79 Å². The minimum atomic E-state index is -1.01. The van der Waals surface area contributed by atoms with Crippen molar-refractivity contribution < 1.29 is 29.0 Å². The minimum Gasteiger partial charge on any atom is -0.481 e. The van der Waals surface area contributed by atoms with Gasteiger partial charge >= 0.3 is 18.0 Å². The highest BCUT2D eigenvalue weighted by molar-refractivity contribution is 5.73. The molecule has 0 bridgehead atoms. The highest BCUT2D eigenvalue weighted by Gasteiger charge is 2.26. The van der Waals surface area contributed by atoms with Crippen molar-refractivity contribution in [3.05, 3.63) is 0 Å². The molecule has 7 heteroatoms. The van der Waals surface area contributed by atoms with Gasteiger partial charge in [-0.05, 0) is 24.7 Å². The van der Waals surface area contributed by atoms with Gasteiger partial charge in [0, 0.05) is 12.5 Å². The number of carboxylic acid groups (broad SMARTS) is 1. The Morgan fingerprint density at radius 3 is 1.96 bits per heavy atom. The number of hydrogen-bond donors (Lipinski definition) is 2. The molecule has 2 N–H and O–H groups in total. The number of alkyl carbamates (subject to hydrolysis) is 1. The number of rotatable bonds is 12. The Balaban J connectivity index is 4.70. The van der Waals surface area contributed by atoms with E-state index in [2.05, 4.69) is 19.2 Å². The van der Waals surface area contributed by atoms with Crippen molar-refractivity contribution in [1.29, 1.82) is 0 Å². The van der Waals surface area contributed by atoms with Crippen molar-refractivity contribution >= 4 is 18.0 Å². The second kappa shape index (κ2) is 12.6. The quantitative estimate of drug-likeness (QED) is 0.387. The van der Waals surface area contributed by atoms with E-state index in [4.69, 9.17) is 9.47 Å². The predicted molar refractivity (Wildman–Crippen MR) is 103 cm³/mol. The molecule has 0 aromatic rings. The fourth-order valence-electron chi connectivity index (χ4n) is 2.67. The van der Waals surface area contributed by atoms with Crippen LogP contribution in [-0.4, -0.2) is 36.0 Å². The number of esters is 1. The van der Waals surface area contributed by atoms with E-state index in [0.29, 0.717) is 18.3 Å². The molecule has 0 spiro atoms. The van der Waals surface area contributed by atoms with E-state index < -0.39 is 30.2 Å². The number of amides is 1. The van der Waals surface area contributed by atoms with Crippen LogP contribution in [0.3, 0.4) is 0 Å². The molecule has 0 saturated carbocycles. The Hall–Kier alpha value is -1.79. The van der Waals surface area contributed by atoms with Crippen LogP contribution in [0.2, 0.25) is 0 Å². The lowest BCUT2D eigenvalue weighted by Gasteiger charge is -2.24. The second-order valence-electron chi connectivity index (χ2n) is 8.16. The maximum Gasteiger partial charge on any atom is 0.410 e. The van der Waals surface area contributed by atoms with Gasteiger partial charge in [0.1, 0.15) is 0 Å². The molecule has 0 aromatic carbocycles. The lowest BCUT2D eigenvalue weighted by atomic mass is 9.86. The summed E-state index contributed by atoms with van der Waals surface area (Å²) in [7, 11) is 0. The molecule has 1 amide bonds. The Labute approximate surface area is 163 Å². The Kier molecular flexibility index (Phi) is 11.7. The average Bonchev–Trinajstić information content (AvgIpc) is 2.55. The molecule has 158 valence electrons. The first kappa shape index (κ1) is 25.2. The molecule has 0 saturated heterocycles. The van der Waals surface area contributed by atoms with Gasteiger partial charge in [0.05, 0.1) is 11.8 Å². The van der Waals surface area contributed by atoms with E-state index in [1.54, 1.807) is 27.7 Å². The summed E-state index contributed by atoms with van der Waals surface area (Å²) in [6.45, 7) is 13.2. The molecule has 0 heterocycles. The van der Waals surface area contributed by atoms with Gasteiger partial charge in [0.15, 0.2) is 0 Å². The summed E-state index contributed by atoms with van der Waals surface area (Å²) in [5, 5.41) is 12.0. The molecule has 0 fully saturated rings. The molecular weight excluding hydrogens is 350 g/mol. The number of nitrogens with one attached hydrogen (secondary N) is 1. The van der Waals surface area contributed by atoms with Gasteiger partial charge < -0.3 is 19.9 Å². The maximum absolute atomic E-state index is 12.1. The fraction of sp³-hybridized carbons (Fsp3) is 0.850. The molecule has 0 radical (unpaired) electrons. The summed E-state index contributed by atoms with van der Waals surface area (Å²) in [6.07, 6.45) is 0.555. The fourth-order valence-corrected chi connectivity index (χ4v) is 2.67. The number of aliphatic carboxylic acids is 1. The van der Waals surface area contributed by atoms with Crippen LogP contribution in [0, 0.1) is 29.6 Å². The molecule has 0 aliphatic rings. The van der Waals surface area contributed by atoms with Gasteiger partial charge in [-0.3, -0.25) is 9.59 Å². The number of hydrogen-bond acceptors (Lipinski definition) is 5. The van der Waals surface area contributed by atoms with Gasteiger partial charge in [-0.2, -0.15) is 0 Å². The highest BCUT2D eigenvalue weighted by atomic mass is 16.7. The predicted octanol–water partition coefficient (Wildman–Crippen LogP) is 4.06. The van der Waals surface area contributed by atoms with Crippen LogP contribution in [0.4, 0.5) is 4.79 Å². The molecule has 0 rings (SSSR count). The molecular formula is C20H37NO6. The summed E-state index contributed by atoms with van der Waals surface area (Å²) in [6, 6.07) is 0. The lowest BCUT2D eigenvalue weighted by molar-refractivity contribution is -0.178. The maximum atomic E-state index is 12.1. The summed E-state index contributed by atoms with van der Waals surface area (Å²) in [5.74, 6) is -1.85. The third-order valence-electron chi connectivity index (χ3n) is 4.31. The van der Waals surface area contributed by atoms with E-state index >= 15 is 0 Å². The van der Waals surface area contributed by atoms with Crippen LogP contribution in [-0.2, 0) is 19.1 Å². The largest absolute Gasteiger partial charge is 0.481 e. The first-order chi connectivity index (χ1) is 12.5. The van der Waals surface area contributed by atoms with Crippen LogP contribution in [0.1, 0.15) is 67.7 Å². The first-order valence-corrected chi connectivity index (χ1v) is 9.85. The summed E-state index contributed by atoms with van der Waals surface area (Å²) >= 11 is 0. The first-order valence-electron chi connectivity index (χ1n) is 9.85. The van der Waals surface area contributed by atoms with E-state index in [1.807, 2.05) is 6.92 Å². The molecule has 3 atom stereocenters. The van der Waals surface area contributed by atoms with Crippen molar-refractivity contribution in [3.63, 3.8) is 0 Å². The van der Waals surface area contributed by atoms with Crippen LogP contribution >= 0.6 is 0 Å². The number of carbonyl (C=O) groups excluding carboxylic acids is 2. The van der Waals surface area contributed by atoms with Crippen LogP contribution < -0.4 is 5.32 Å². The Morgan fingerprint density at radius 2 is 1.56 bits per heavy atom. The van der Waals surface area contributed by atoms with E-state index in [-0.39, 0.29) is 18.4 Å². The molecule has 7 nitrogen and oxygen atoms in total. The van der Waals surface area contributed by atoms with Gasteiger partial charge in [0.2, 0.25) is 0 Å². The summed E-state index contributed by atoms with van der Waals surface area (Å²) in [4.78, 5) is 35.3. The number of ether oxygens (including phenoxy) is 2. The zero-order chi connectivity index (χ0) is 21.1. The number of carbonyl (C=O) groups is 3. The Morgan fingerprint density at radius 1 is 0.963 bits per heavy atom. The topological polar surface area (TPSA) is 102 Å². The van der Waals surface area contributed by atoms with Crippen molar-refractivity contribution in [1.82, 2.24) is 5.32 Å². The summed E-state index contributed by atoms with van der Waals surface area (Å²) in [5.41, 5.74) is 0. The molecule has 0 aliphatic carbocycles. The van der Waals surface area contributed by atoms with Gasteiger partial charge in [-0.1, -0.05) is 54.9 Å².